The SMILES string of the molecule is COC1CCN(CCC=O)C1. The van der Waals surface area contributed by atoms with E-state index in [4.69, 9.17) is 4.74 Å². The van der Waals surface area contributed by atoms with E-state index in [1.54, 1.807) is 7.11 Å². The smallest absolute Gasteiger partial charge is 0.121 e. The second kappa shape index (κ2) is 4.46. The third-order valence-corrected chi connectivity index (χ3v) is 2.13. The summed E-state index contributed by atoms with van der Waals surface area (Å²) in [7, 11) is 1.74. The van der Waals surface area contributed by atoms with Gasteiger partial charge in [0, 0.05) is 33.2 Å². The molecule has 1 saturated heterocycles. The normalized spacial score (nSPS) is 25.7. The highest BCUT2D eigenvalue weighted by Crippen LogP contribution is 2.10. The lowest BCUT2D eigenvalue weighted by Crippen LogP contribution is -2.24. The predicted octanol–water partition coefficient (Wildman–Crippen LogP) is 0.296. The number of methoxy groups -OCH3 is 1. The number of rotatable bonds is 4. The van der Waals surface area contributed by atoms with Gasteiger partial charge in [0.05, 0.1) is 6.10 Å². The summed E-state index contributed by atoms with van der Waals surface area (Å²) >= 11 is 0. The quantitative estimate of drug-likeness (QED) is 0.549. The van der Waals surface area contributed by atoms with E-state index in [0.717, 1.165) is 32.3 Å². The van der Waals surface area contributed by atoms with Crippen molar-refractivity contribution >= 4 is 6.29 Å². The first-order valence-corrected chi connectivity index (χ1v) is 4.05. The Balaban J connectivity index is 2.13. The first-order valence-electron chi connectivity index (χ1n) is 4.05. The summed E-state index contributed by atoms with van der Waals surface area (Å²) < 4.78 is 5.19. The minimum Gasteiger partial charge on any atom is -0.380 e. The highest BCUT2D eigenvalue weighted by Gasteiger charge is 2.20. The maximum absolute atomic E-state index is 10.1. The van der Waals surface area contributed by atoms with Crippen molar-refractivity contribution < 1.29 is 9.53 Å². The molecule has 0 saturated carbocycles. The van der Waals surface area contributed by atoms with Crippen molar-refractivity contribution in [2.24, 2.45) is 0 Å². The Morgan fingerprint density at radius 3 is 3.09 bits per heavy atom. The summed E-state index contributed by atoms with van der Waals surface area (Å²) in [6.45, 7) is 2.96. The molecule has 1 fully saturated rings. The fraction of sp³-hybridized carbons (Fsp3) is 0.875. The number of hydrogen-bond acceptors (Lipinski definition) is 3. The van der Waals surface area contributed by atoms with Crippen molar-refractivity contribution in [1.82, 2.24) is 4.90 Å². The Hall–Kier alpha value is -0.410. The van der Waals surface area contributed by atoms with Crippen molar-refractivity contribution in [3.05, 3.63) is 0 Å². The molecule has 0 aliphatic carbocycles. The van der Waals surface area contributed by atoms with Crippen LogP contribution in [0, 0.1) is 0 Å². The Labute approximate surface area is 67.3 Å². The van der Waals surface area contributed by atoms with Gasteiger partial charge in [-0.15, -0.1) is 0 Å². The zero-order valence-electron chi connectivity index (χ0n) is 6.95. The summed E-state index contributed by atoms with van der Waals surface area (Å²) in [4.78, 5) is 12.3. The molecule has 0 aromatic heterocycles. The molecule has 11 heavy (non-hydrogen) atoms. The van der Waals surface area contributed by atoms with E-state index in [9.17, 15) is 4.79 Å². The molecule has 3 heteroatoms. The standard InChI is InChI=1S/C8H15NO2/c1-11-8-3-5-9(7-8)4-2-6-10/h6,8H,2-5,7H2,1H3. The molecule has 1 rings (SSSR count). The van der Waals surface area contributed by atoms with Crippen LogP contribution in [-0.2, 0) is 9.53 Å². The van der Waals surface area contributed by atoms with E-state index >= 15 is 0 Å². The van der Waals surface area contributed by atoms with Crippen molar-refractivity contribution in [3.63, 3.8) is 0 Å². The van der Waals surface area contributed by atoms with Crippen molar-refractivity contribution in [3.8, 4) is 0 Å². The van der Waals surface area contributed by atoms with Crippen molar-refractivity contribution in [1.29, 1.82) is 0 Å². The van der Waals surface area contributed by atoms with Crippen LogP contribution in [0.4, 0.5) is 0 Å². The Morgan fingerprint density at radius 2 is 2.55 bits per heavy atom. The molecule has 0 spiro atoms. The second-order valence-electron chi connectivity index (χ2n) is 2.90. The topological polar surface area (TPSA) is 29.5 Å². The van der Waals surface area contributed by atoms with Crippen molar-refractivity contribution in [2.45, 2.75) is 18.9 Å². The molecule has 1 atom stereocenters. The lowest BCUT2D eigenvalue weighted by atomic mass is 10.3. The van der Waals surface area contributed by atoms with Crippen LogP contribution in [0.15, 0.2) is 0 Å². The molecule has 0 radical (unpaired) electrons. The minimum atomic E-state index is 0.390. The van der Waals surface area contributed by atoms with E-state index in [-0.39, 0.29) is 0 Å². The van der Waals surface area contributed by atoms with Crippen LogP contribution in [-0.4, -0.2) is 44.0 Å². The lowest BCUT2D eigenvalue weighted by molar-refractivity contribution is -0.108. The molecule has 0 bridgehead atoms. The van der Waals surface area contributed by atoms with Gasteiger partial charge in [0.1, 0.15) is 6.29 Å². The number of nitrogens with zero attached hydrogens (tertiary/aromatic N) is 1. The van der Waals surface area contributed by atoms with Gasteiger partial charge >= 0.3 is 0 Å². The number of carbonyl (C=O) groups excluding carboxylic acids is 1. The fourth-order valence-electron chi connectivity index (χ4n) is 1.43. The molecule has 0 aromatic rings. The van der Waals surface area contributed by atoms with Crippen LogP contribution in [0.1, 0.15) is 12.8 Å². The number of aldehydes is 1. The molecule has 3 nitrogen and oxygen atoms in total. The summed E-state index contributed by atoms with van der Waals surface area (Å²) in [6.07, 6.45) is 3.12. The lowest BCUT2D eigenvalue weighted by Gasteiger charge is -2.12. The van der Waals surface area contributed by atoms with Gasteiger partial charge in [-0.2, -0.15) is 0 Å². The molecule has 1 heterocycles. The van der Waals surface area contributed by atoms with E-state index < -0.39 is 0 Å². The van der Waals surface area contributed by atoms with Crippen molar-refractivity contribution in [2.75, 3.05) is 26.7 Å². The van der Waals surface area contributed by atoms with Gasteiger partial charge in [-0.3, -0.25) is 0 Å². The van der Waals surface area contributed by atoms with Crippen LogP contribution >= 0.6 is 0 Å². The van der Waals surface area contributed by atoms with Gasteiger partial charge in [0.15, 0.2) is 0 Å². The molecule has 0 N–H and O–H groups in total. The molecular weight excluding hydrogens is 142 g/mol. The first-order chi connectivity index (χ1) is 5.36. The van der Waals surface area contributed by atoms with E-state index in [1.807, 2.05) is 0 Å². The number of ether oxygens (including phenoxy) is 1. The molecule has 1 unspecified atom stereocenters. The van der Waals surface area contributed by atoms with Crippen LogP contribution in [0.2, 0.25) is 0 Å². The monoisotopic (exact) mass is 157 g/mol. The third-order valence-electron chi connectivity index (χ3n) is 2.13. The number of carbonyl (C=O) groups is 1. The maximum Gasteiger partial charge on any atom is 0.121 e. The largest absolute Gasteiger partial charge is 0.380 e. The summed E-state index contributed by atoms with van der Waals surface area (Å²) in [5.41, 5.74) is 0. The average molecular weight is 157 g/mol. The number of likely N-dealkylation sites (tertiary alicyclic amines) is 1. The highest BCUT2D eigenvalue weighted by molar-refractivity contribution is 5.49. The van der Waals surface area contributed by atoms with Gasteiger partial charge in [-0.1, -0.05) is 0 Å². The van der Waals surface area contributed by atoms with Gasteiger partial charge in [0.2, 0.25) is 0 Å². The summed E-state index contributed by atoms with van der Waals surface area (Å²) in [6, 6.07) is 0. The molecule has 0 amide bonds. The fourth-order valence-corrected chi connectivity index (χ4v) is 1.43. The van der Waals surface area contributed by atoms with Gasteiger partial charge in [0.25, 0.3) is 0 Å². The Kier molecular flexibility index (Phi) is 3.52. The third kappa shape index (κ3) is 2.60. The zero-order chi connectivity index (χ0) is 8.10. The first kappa shape index (κ1) is 8.68. The molecule has 64 valence electrons. The van der Waals surface area contributed by atoms with Gasteiger partial charge in [-0.25, -0.2) is 0 Å². The summed E-state index contributed by atoms with van der Waals surface area (Å²) in [5, 5.41) is 0. The second-order valence-corrected chi connectivity index (χ2v) is 2.90. The molecule has 1 aliphatic heterocycles. The molecule has 1 aliphatic rings. The molecular formula is C8H15NO2. The Bertz CT molecular complexity index is 127. The minimum absolute atomic E-state index is 0.390. The van der Waals surface area contributed by atoms with Gasteiger partial charge in [-0.05, 0) is 6.42 Å². The predicted molar refractivity (Wildman–Crippen MR) is 42.5 cm³/mol. The maximum atomic E-state index is 10.1. The van der Waals surface area contributed by atoms with Crippen LogP contribution in [0.5, 0.6) is 0 Å². The zero-order valence-corrected chi connectivity index (χ0v) is 6.95. The van der Waals surface area contributed by atoms with E-state index in [2.05, 4.69) is 4.90 Å². The highest BCUT2D eigenvalue weighted by atomic mass is 16.5. The Morgan fingerprint density at radius 1 is 1.73 bits per heavy atom. The number of hydrogen-bond donors (Lipinski definition) is 0. The summed E-state index contributed by atoms with van der Waals surface area (Å²) in [5.74, 6) is 0. The van der Waals surface area contributed by atoms with E-state index in [0.29, 0.717) is 12.5 Å². The van der Waals surface area contributed by atoms with E-state index in [1.165, 1.54) is 0 Å². The van der Waals surface area contributed by atoms with Crippen LogP contribution in [0.3, 0.4) is 0 Å². The molecule has 0 aromatic carbocycles. The average Bonchev–Trinajstić information content (AvgIpc) is 2.48. The van der Waals surface area contributed by atoms with Crippen LogP contribution < -0.4 is 0 Å². The van der Waals surface area contributed by atoms with Crippen LogP contribution in [0.25, 0.3) is 0 Å². The van der Waals surface area contributed by atoms with Gasteiger partial charge < -0.3 is 14.4 Å².